The van der Waals surface area contributed by atoms with Crippen LogP contribution in [-0.4, -0.2) is 35.6 Å². The monoisotopic (exact) mass is 240 g/mol. The van der Waals surface area contributed by atoms with E-state index in [4.69, 9.17) is 0 Å². The lowest BCUT2D eigenvalue weighted by molar-refractivity contribution is 0.00708. The normalized spacial score (nSPS) is 26.1. The smallest absolute Gasteiger partial charge is 0.0150 e. The summed E-state index contributed by atoms with van der Waals surface area (Å²) in [7, 11) is 2.30. The van der Waals surface area contributed by atoms with E-state index in [0.717, 1.165) is 18.5 Å². The third-order valence-corrected chi connectivity index (χ3v) is 4.59. The van der Waals surface area contributed by atoms with E-state index in [2.05, 4.69) is 58.8 Å². The molecule has 0 saturated heterocycles. The molecule has 0 amide bonds. The largest absolute Gasteiger partial charge is 0.312 e. The van der Waals surface area contributed by atoms with Crippen molar-refractivity contribution in [3.8, 4) is 0 Å². The lowest BCUT2D eigenvalue weighted by Crippen LogP contribution is -2.57. The molecule has 0 bridgehead atoms. The molecule has 0 aliphatic heterocycles. The third-order valence-electron chi connectivity index (χ3n) is 4.59. The maximum atomic E-state index is 3.65. The highest BCUT2D eigenvalue weighted by atomic mass is 15.2. The van der Waals surface area contributed by atoms with E-state index in [1.54, 1.807) is 0 Å². The molecule has 0 radical (unpaired) electrons. The van der Waals surface area contributed by atoms with Crippen LogP contribution in [0.25, 0.3) is 0 Å². The summed E-state index contributed by atoms with van der Waals surface area (Å²) in [5.41, 5.74) is 0.587. The van der Waals surface area contributed by atoms with Gasteiger partial charge in [0.25, 0.3) is 0 Å². The molecule has 0 heterocycles. The molecule has 0 aromatic heterocycles. The van der Waals surface area contributed by atoms with Crippen LogP contribution in [0, 0.1) is 5.92 Å². The van der Waals surface area contributed by atoms with Crippen molar-refractivity contribution in [2.45, 2.75) is 77.9 Å². The average molecular weight is 240 g/mol. The zero-order valence-corrected chi connectivity index (χ0v) is 12.9. The summed E-state index contributed by atoms with van der Waals surface area (Å²) in [5, 5.41) is 3.65. The molecule has 2 nitrogen and oxygen atoms in total. The SMILES string of the molecule is CCC(C)(C)N(C)C1CCC1CNC(C)(C)C. The van der Waals surface area contributed by atoms with Crippen LogP contribution in [0.5, 0.6) is 0 Å². The molecule has 2 unspecified atom stereocenters. The van der Waals surface area contributed by atoms with Crippen LogP contribution in [0.3, 0.4) is 0 Å². The highest BCUT2D eigenvalue weighted by molar-refractivity contribution is 4.94. The quantitative estimate of drug-likeness (QED) is 0.793. The Balaban J connectivity index is 2.46. The lowest BCUT2D eigenvalue weighted by Gasteiger charge is -2.50. The van der Waals surface area contributed by atoms with Gasteiger partial charge in [-0.25, -0.2) is 0 Å². The first kappa shape index (κ1) is 15.0. The number of hydrogen-bond donors (Lipinski definition) is 1. The van der Waals surface area contributed by atoms with Crippen molar-refractivity contribution in [2.24, 2.45) is 5.92 Å². The van der Waals surface area contributed by atoms with Crippen LogP contribution in [0.1, 0.15) is 60.8 Å². The van der Waals surface area contributed by atoms with Gasteiger partial charge in [0.05, 0.1) is 0 Å². The topological polar surface area (TPSA) is 15.3 Å². The molecule has 0 spiro atoms. The standard InChI is InChI=1S/C15H32N2/c1-8-15(5,6)17(7)13-10-9-12(13)11-16-14(2,3)4/h12-13,16H,8-11H2,1-7H3. The number of hydrogen-bond acceptors (Lipinski definition) is 2. The van der Waals surface area contributed by atoms with Gasteiger partial charge >= 0.3 is 0 Å². The highest BCUT2D eigenvalue weighted by Gasteiger charge is 2.38. The van der Waals surface area contributed by atoms with Crippen molar-refractivity contribution in [3.63, 3.8) is 0 Å². The first-order valence-corrected chi connectivity index (χ1v) is 7.15. The summed E-state index contributed by atoms with van der Waals surface area (Å²) in [4.78, 5) is 2.60. The van der Waals surface area contributed by atoms with E-state index >= 15 is 0 Å². The van der Waals surface area contributed by atoms with Gasteiger partial charge in [0.1, 0.15) is 0 Å². The Morgan fingerprint density at radius 3 is 2.06 bits per heavy atom. The van der Waals surface area contributed by atoms with Gasteiger partial charge in [-0.3, -0.25) is 4.90 Å². The van der Waals surface area contributed by atoms with Crippen LogP contribution >= 0.6 is 0 Å². The third kappa shape index (κ3) is 3.96. The van der Waals surface area contributed by atoms with Crippen molar-refractivity contribution in [1.29, 1.82) is 0 Å². The molecule has 1 aliphatic rings. The molecule has 1 fully saturated rings. The Hall–Kier alpha value is -0.0800. The molecule has 102 valence electrons. The van der Waals surface area contributed by atoms with Gasteiger partial charge in [-0.15, -0.1) is 0 Å². The molecule has 2 atom stereocenters. The molecular weight excluding hydrogens is 208 g/mol. The summed E-state index contributed by atoms with van der Waals surface area (Å²) in [6.45, 7) is 14.9. The van der Waals surface area contributed by atoms with Crippen LogP contribution in [-0.2, 0) is 0 Å². The fourth-order valence-corrected chi connectivity index (χ4v) is 2.43. The van der Waals surface area contributed by atoms with Gasteiger partial charge in [-0.1, -0.05) is 6.92 Å². The van der Waals surface area contributed by atoms with Crippen molar-refractivity contribution in [2.75, 3.05) is 13.6 Å². The van der Waals surface area contributed by atoms with Gasteiger partial charge in [-0.2, -0.15) is 0 Å². The second-order valence-electron chi connectivity index (χ2n) is 7.31. The summed E-state index contributed by atoms with van der Waals surface area (Å²) in [6, 6.07) is 0.778. The fraction of sp³-hybridized carbons (Fsp3) is 1.00. The first-order valence-electron chi connectivity index (χ1n) is 7.15. The van der Waals surface area contributed by atoms with Crippen molar-refractivity contribution >= 4 is 0 Å². The van der Waals surface area contributed by atoms with Crippen molar-refractivity contribution in [3.05, 3.63) is 0 Å². The Morgan fingerprint density at radius 2 is 1.71 bits per heavy atom. The van der Waals surface area contributed by atoms with Gasteiger partial charge in [0.2, 0.25) is 0 Å². The maximum absolute atomic E-state index is 3.65. The van der Waals surface area contributed by atoms with E-state index in [9.17, 15) is 0 Å². The average Bonchev–Trinajstić information content (AvgIpc) is 2.14. The molecule has 0 aromatic rings. The van der Waals surface area contributed by atoms with Gasteiger partial charge in [0, 0.05) is 17.1 Å². The Kier molecular flexibility index (Phi) is 4.65. The van der Waals surface area contributed by atoms with E-state index in [-0.39, 0.29) is 5.54 Å². The maximum Gasteiger partial charge on any atom is 0.0150 e. The van der Waals surface area contributed by atoms with E-state index < -0.39 is 0 Å². The Morgan fingerprint density at radius 1 is 1.12 bits per heavy atom. The minimum atomic E-state index is 0.249. The molecular formula is C15H32N2. The number of nitrogens with zero attached hydrogens (tertiary/aromatic N) is 1. The fourth-order valence-electron chi connectivity index (χ4n) is 2.43. The minimum absolute atomic E-state index is 0.249. The van der Waals surface area contributed by atoms with E-state index in [1.807, 2.05) is 0 Å². The molecule has 0 aromatic carbocycles. The van der Waals surface area contributed by atoms with Crippen LogP contribution in [0.15, 0.2) is 0 Å². The summed E-state index contributed by atoms with van der Waals surface area (Å²) < 4.78 is 0. The van der Waals surface area contributed by atoms with Crippen LogP contribution in [0.2, 0.25) is 0 Å². The van der Waals surface area contributed by atoms with E-state index in [0.29, 0.717) is 5.54 Å². The molecule has 1 aliphatic carbocycles. The number of rotatable bonds is 5. The Bertz CT molecular complexity index is 240. The molecule has 1 rings (SSSR count). The van der Waals surface area contributed by atoms with Gasteiger partial charge < -0.3 is 5.32 Å². The van der Waals surface area contributed by atoms with E-state index in [1.165, 1.54) is 19.3 Å². The zero-order valence-electron chi connectivity index (χ0n) is 12.9. The molecule has 2 heteroatoms. The minimum Gasteiger partial charge on any atom is -0.312 e. The zero-order chi connectivity index (χ0) is 13.3. The first-order chi connectivity index (χ1) is 7.67. The highest BCUT2D eigenvalue weighted by Crippen LogP contribution is 2.35. The second-order valence-corrected chi connectivity index (χ2v) is 7.31. The molecule has 17 heavy (non-hydrogen) atoms. The van der Waals surface area contributed by atoms with Crippen LogP contribution < -0.4 is 5.32 Å². The predicted molar refractivity (Wildman–Crippen MR) is 76.4 cm³/mol. The predicted octanol–water partition coefficient (Wildman–Crippen LogP) is 3.27. The summed E-state index contributed by atoms with van der Waals surface area (Å²) >= 11 is 0. The summed E-state index contributed by atoms with van der Waals surface area (Å²) in [5.74, 6) is 0.838. The van der Waals surface area contributed by atoms with Crippen molar-refractivity contribution < 1.29 is 0 Å². The second kappa shape index (κ2) is 5.27. The Labute approximate surface area is 108 Å². The number of nitrogens with one attached hydrogen (secondary N) is 1. The molecule has 1 saturated carbocycles. The molecule has 1 N–H and O–H groups in total. The lowest BCUT2D eigenvalue weighted by atomic mass is 9.76. The van der Waals surface area contributed by atoms with Gasteiger partial charge in [0.15, 0.2) is 0 Å². The van der Waals surface area contributed by atoms with Gasteiger partial charge in [-0.05, 0) is 73.4 Å². The van der Waals surface area contributed by atoms with Crippen molar-refractivity contribution in [1.82, 2.24) is 10.2 Å². The van der Waals surface area contributed by atoms with Crippen LogP contribution in [0.4, 0.5) is 0 Å². The summed E-state index contributed by atoms with van der Waals surface area (Å²) in [6.07, 6.45) is 3.98.